The molecule has 160 valence electrons. The maximum absolute atomic E-state index is 11.9. The van der Waals surface area contributed by atoms with Crippen LogP contribution in [-0.2, 0) is 22.5 Å². The largest absolute Gasteiger partial charge is 0.491 e. The number of fused-ring (bicyclic) bond motifs is 1. The first-order valence-corrected chi connectivity index (χ1v) is 12.7. The van der Waals surface area contributed by atoms with Gasteiger partial charge in [-0.3, -0.25) is 9.11 Å². The lowest BCUT2D eigenvalue weighted by Crippen LogP contribution is -2.31. The molecule has 0 bridgehead atoms. The molecule has 0 N–H and O–H groups in total. The average molecular weight is 416 g/mol. The molecule has 0 amide bonds. The maximum Gasteiger partial charge on any atom is 0.119 e. The van der Waals surface area contributed by atoms with Gasteiger partial charge >= 0.3 is 0 Å². The molecule has 2 aromatic carbocycles. The number of hydrogen-bond donors (Lipinski definition) is 0. The Morgan fingerprint density at radius 3 is 2.31 bits per heavy atom. The third-order valence-electron chi connectivity index (χ3n) is 5.13. The number of ether oxygens (including phenoxy) is 1. The Morgan fingerprint density at radius 2 is 1.72 bits per heavy atom. The fourth-order valence-corrected chi connectivity index (χ4v) is 4.30. The molecule has 1 heterocycles. The van der Waals surface area contributed by atoms with Crippen molar-refractivity contribution in [1.29, 1.82) is 0 Å². The summed E-state index contributed by atoms with van der Waals surface area (Å²) in [5.41, 5.74) is 3.09. The Balaban J connectivity index is 0.000000207. The van der Waals surface area contributed by atoms with Crippen LogP contribution in [0.2, 0.25) is 0 Å². The molecule has 0 radical (unpaired) electrons. The second-order valence-corrected chi connectivity index (χ2v) is 10.6. The highest BCUT2D eigenvalue weighted by atomic mass is 32.2. The lowest BCUT2D eigenvalue weighted by molar-refractivity contribution is 0.242. The average Bonchev–Trinajstić information content (AvgIpc) is 2.72. The van der Waals surface area contributed by atoms with E-state index in [1.165, 1.54) is 37.9 Å². The van der Waals surface area contributed by atoms with E-state index in [2.05, 4.69) is 42.0 Å². The lowest BCUT2D eigenvalue weighted by atomic mass is 10.00. The molecule has 0 aliphatic carbocycles. The van der Waals surface area contributed by atoms with Gasteiger partial charge in [0.2, 0.25) is 0 Å². The molecule has 1 aliphatic rings. The van der Waals surface area contributed by atoms with Crippen LogP contribution in [0.1, 0.15) is 51.7 Å². The molecule has 1 unspecified atom stereocenters. The molecule has 0 aromatic heterocycles. The van der Waals surface area contributed by atoms with Gasteiger partial charge in [-0.1, -0.05) is 44.5 Å². The molecule has 0 fully saturated rings. The van der Waals surface area contributed by atoms with Crippen molar-refractivity contribution in [3.8, 4) is 5.75 Å². The summed E-state index contributed by atoms with van der Waals surface area (Å²) in [5.74, 6) is 5.11. The van der Waals surface area contributed by atoms with Crippen molar-refractivity contribution >= 4 is 15.4 Å². The van der Waals surface area contributed by atoms with Gasteiger partial charge in [-0.25, -0.2) is 0 Å². The van der Waals surface area contributed by atoms with Crippen LogP contribution < -0.4 is 4.74 Å². The van der Waals surface area contributed by atoms with Gasteiger partial charge in [0, 0.05) is 23.7 Å². The third kappa shape index (κ3) is 7.52. The van der Waals surface area contributed by atoms with Crippen molar-refractivity contribution in [2.24, 2.45) is 0 Å². The molecule has 3 rings (SSSR count). The zero-order valence-electron chi connectivity index (χ0n) is 18.5. The SMILES string of the molecule is C=S(=O)(CC)c1ccc(OC(C)C)cc1.CCCCN1CCc2ccccc2C1. The molecule has 1 atom stereocenters. The monoisotopic (exact) mass is 415 g/mol. The van der Waals surface area contributed by atoms with Crippen LogP contribution in [-0.4, -0.2) is 39.9 Å². The van der Waals surface area contributed by atoms with Crippen LogP contribution in [0.3, 0.4) is 0 Å². The Bertz CT molecular complexity index is 841. The Kier molecular flexibility index (Phi) is 9.25. The van der Waals surface area contributed by atoms with Gasteiger partial charge in [0.15, 0.2) is 0 Å². The van der Waals surface area contributed by atoms with E-state index in [-0.39, 0.29) is 6.10 Å². The van der Waals surface area contributed by atoms with E-state index in [0.717, 1.165) is 17.2 Å². The second kappa shape index (κ2) is 11.4. The van der Waals surface area contributed by atoms with E-state index in [9.17, 15) is 4.21 Å². The predicted molar refractivity (Wildman–Crippen MR) is 127 cm³/mol. The van der Waals surface area contributed by atoms with Gasteiger partial charge in [-0.2, -0.15) is 0 Å². The highest BCUT2D eigenvalue weighted by molar-refractivity contribution is 8.00. The summed E-state index contributed by atoms with van der Waals surface area (Å²) in [6, 6.07) is 16.2. The summed E-state index contributed by atoms with van der Waals surface area (Å²) in [4.78, 5) is 3.37. The summed E-state index contributed by atoms with van der Waals surface area (Å²) in [7, 11) is -2.10. The van der Waals surface area contributed by atoms with Crippen LogP contribution in [0, 0.1) is 0 Å². The van der Waals surface area contributed by atoms with Gasteiger partial charge < -0.3 is 4.74 Å². The zero-order chi connectivity index (χ0) is 21.3. The lowest BCUT2D eigenvalue weighted by Gasteiger charge is -2.28. The van der Waals surface area contributed by atoms with Crippen molar-refractivity contribution in [1.82, 2.24) is 4.90 Å². The smallest absolute Gasteiger partial charge is 0.119 e. The van der Waals surface area contributed by atoms with Crippen molar-refractivity contribution in [3.63, 3.8) is 0 Å². The molecular formula is C25H37NO2S. The topological polar surface area (TPSA) is 29.5 Å². The molecule has 2 aromatic rings. The number of rotatable bonds is 7. The quantitative estimate of drug-likeness (QED) is 0.566. The maximum atomic E-state index is 11.9. The highest BCUT2D eigenvalue weighted by Crippen LogP contribution is 2.19. The minimum absolute atomic E-state index is 0.158. The van der Waals surface area contributed by atoms with Crippen molar-refractivity contribution in [2.75, 3.05) is 18.8 Å². The van der Waals surface area contributed by atoms with Crippen LogP contribution in [0.15, 0.2) is 53.4 Å². The summed E-state index contributed by atoms with van der Waals surface area (Å²) in [6.45, 7) is 11.8. The molecular weight excluding hydrogens is 378 g/mol. The van der Waals surface area contributed by atoms with Gasteiger partial charge in [0.1, 0.15) is 5.75 Å². The zero-order valence-corrected chi connectivity index (χ0v) is 19.3. The molecule has 29 heavy (non-hydrogen) atoms. The van der Waals surface area contributed by atoms with E-state index in [4.69, 9.17) is 4.74 Å². The first-order chi connectivity index (χ1) is 13.9. The Morgan fingerprint density at radius 1 is 1.07 bits per heavy atom. The number of hydrogen-bond acceptors (Lipinski definition) is 3. The predicted octanol–water partition coefficient (Wildman–Crippen LogP) is 5.41. The summed E-state index contributed by atoms with van der Waals surface area (Å²) in [6.07, 6.45) is 4.03. The second-order valence-electron chi connectivity index (χ2n) is 7.89. The highest BCUT2D eigenvalue weighted by Gasteiger charge is 2.14. The van der Waals surface area contributed by atoms with E-state index < -0.39 is 9.52 Å². The molecule has 3 nitrogen and oxygen atoms in total. The fraction of sp³-hybridized carbons (Fsp3) is 0.480. The van der Waals surface area contributed by atoms with Gasteiger partial charge in [0.25, 0.3) is 0 Å². The van der Waals surface area contributed by atoms with E-state index in [1.54, 1.807) is 5.56 Å². The number of unbranched alkanes of at least 4 members (excludes halogenated alkanes) is 1. The van der Waals surface area contributed by atoms with Gasteiger partial charge in [-0.15, -0.1) is 0 Å². The molecule has 0 saturated carbocycles. The molecule has 4 heteroatoms. The molecule has 0 saturated heterocycles. The normalized spacial score (nSPS) is 15.8. The minimum Gasteiger partial charge on any atom is -0.491 e. The van der Waals surface area contributed by atoms with Crippen LogP contribution in [0.25, 0.3) is 0 Å². The van der Waals surface area contributed by atoms with Gasteiger partial charge in [-0.05, 0) is 84.0 Å². The fourth-order valence-electron chi connectivity index (χ4n) is 3.33. The van der Waals surface area contributed by atoms with Gasteiger partial charge in [0.05, 0.1) is 6.10 Å². The first-order valence-electron chi connectivity index (χ1n) is 10.8. The van der Waals surface area contributed by atoms with Crippen LogP contribution in [0.5, 0.6) is 5.75 Å². The molecule has 0 spiro atoms. The summed E-state index contributed by atoms with van der Waals surface area (Å²) in [5, 5.41) is 0. The van der Waals surface area contributed by atoms with Crippen LogP contribution >= 0.6 is 0 Å². The molecule has 1 aliphatic heterocycles. The van der Waals surface area contributed by atoms with E-state index in [1.807, 2.05) is 45.0 Å². The number of benzene rings is 2. The van der Waals surface area contributed by atoms with Crippen molar-refractivity contribution in [2.45, 2.75) is 64.5 Å². The standard InChI is InChI=1S/C13H19N.C12H18O2S/c1-2-3-9-14-10-8-12-6-4-5-7-13(12)11-14;1-5-15(4,13)12-8-6-11(7-9-12)14-10(2)3/h4-7H,2-3,8-11H2,1H3;6-10H,4-5H2,1-3H3. The number of nitrogens with zero attached hydrogens (tertiary/aromatic N) is 1. The van der Waals surface area contributed by atoms with Crippen molar-refractivity contribution < 1.29 is 8.95 Å². The van der Waals surface area contributed by atoms with E-state index in [0.29, 0.717) is 5.75 Å². The third-order valence-corrected chi connectivity index (χ3v) is 7.19. The Hall–Kier alpha value is -1.78. The van der Waals surface area contributed by atoms with Crippen molar-refractivity contribution in [3.05, 3.63) is 59.7 Å². The van der Waals surface area contributed by atoms with E-state index >= 15 is 0 Å². The first kappa shape index (κ1) is 23.5. The minimum atomic E-state index is -2.10. The summed E-state index contributed by atoms with van der Waals surface area (Å²) < 4.78 is 17.4. The summed E-state index contributed by atoms with van der Waals surface area (Å²) >= 11 is 0. The Labute approximate surface area is 178 Å². The van der Waals surface area contributed by atoms with Crippen LogP contribution in [0.4, 0.5) is 0 Å².